The molecule has 1 N–H and O–H groups in total. The Kier molecular flexibility index (Phi) is 8.01. The van der Waals surface area contributed by atoms with Gasteiger partial charge < -0.3 is 5.32 Å². The lowest BCUT2D eigenvalue weighted by atomic mass is 9.89. The van der Waals surface area contributed by atoms with E-state index >= 15 is 0 Å². The van der Waals surface area contributed by atoms with Crippen molar-refractivity contribution in [3.05, 3.63) is 0 Å². The second-order valence-electron chi connectivity index (χ2n) is 6.54. The maximum atomic E-state index is 3.81. The first-order chi connectivity index (χ1) is 9.13. The Morgan fingerprint density at radius 1 is 1.16 bits per heavy atom. The molecule has 0 saturated carbocycles. The first kappa shape index (κ1) is 17.0. The van der Waals surface area contributed by atoms with Crippen molar-refractivity contribution in [2.75, 3.05) is 13.1 Å². The van der Waals surface area contributed by atoms with E-state index < -0.39 is 0 Å². The van der Waals surface area contributed by atoms with Crippen LogP contribution in [0.1, 0.15) is 73.1 Å². The van der Waals surface area contributed by atoms with Crippen molar-refractivity contribution in [2.24, 2.45) is 5.92 Å². The minimum Gasteiger partial charge on any atom is -0.312 e. The molecule has 4 atom stereocenters. The van der Waals surface area contributed by atoms with Crippen molar-refractivity contribution >= 4 is 0 Å². The summed E-state index contributed by atoms with van der Waals surface area (Å²) < 4.78 is 0. The Bertz CT molecular complexity index is 229. The average molecular weight is 268 g/mol. The predicted octanol–water partition coefficient (Wildman–Crippen LogP) is 4.05. The summed E-state index contributed by atoms with van der Waals surface area (Å²) >= 11 is 0. The number of hydrogen-bond acceptors (Lipinski definition) is 2. The molecule has 0 amide bonds. The lowest BCUT2D eigenvalue weighted by molar-refractivity contribution is 0.0572. The van der Waals surface area contributed by atoms with Crippen LogP contribution in [-0.4, -0.2) is 36.1 Å². The van der Waals surface area contributed by atoms with E-state index in [4.69, 9.17) is 0 Å². The molecule has 1 heterocycles. The van der Waals surface area contributed by atoms with Gasteiger partial charge in [-0.15, -0.1) is 0 Å². The van der Waals surface area contributed by atoms with E-state index in [1.54, 1.807) is 0 Å². The van der Waals surface area contributed by atoms with E-state index in [1.165, 1.54) is 51.6 Å². The van der Waals surface area contributed by atoms with Crippen LogP contribution in [0.2, 0.25) is 0 Å². The van der Waals surface area contributed by atoms with Crippen LogP contribution in [0.3, 0.4) is 0 Å². The molecule has 19 heavy (non-hydrogen) atoms. The van der Waals surface area contributed by atoms with Gasteiger partial charge in [0, 0.05) is 18.1 Å². The molecule has 0 aromatic carbocycles. The van der Waals surface area contributed by atoms with E-state index in [0.29, 0.717) is 6.04 Å². The highest BCUT2D eigenvalue weighted by atomic mass is 15.2. The molecule has 114 valence electrons. The Labute approximate surface area is 121 Å². The van der Waals surface area contributed by atoms with Crippen LogP contribution >= 0.6 is 0 Å². The van der Waals surface area contributed by atoms with E-state index in [-0.39, 0.29) is 0 Å². The molecule has 0 aliphatic carbocycles. The van der Waals surface area contributed by atoms with Crippen molar-refractivity contribution < 1.29 is 0 Å². The fraction of sp³-hybridized carbons (Fsp3) is 1.00. The van der Waals surface area contributed by atoms with Crippen molar-refractivity contribution in [1.29, 1.82) is 0 Å². The van der Waals surface area contributed by atoms with Gasteiger partial charge in [0.1, 0.15) is 0 Å². The van der Waals surface area contributed by atoms with Gasteiger partial charge in [0.2, 0.25) is 0 Å². The van der Waals surface area contributed by atoms with Crippen LogP contribution < -0.4 is 5.32 Å². The first-order valence-electron chi connectivity index (χ1n) is 8.63. The van der Waals surface area contributed by atoms with Crippen LogP contribution in [-0.2, 0) is 0 Å². The monoisotopic (exact) mass is 268 g/mol. The smallest absolute Gasteiger partial charge is 0.0249 e. The summed E-state index contributed by atoms with van der Waals surface area (Å²) in [4.78, 5) is 2.79. The highest BCUT2D eigenvalue weighted by Crippen LogP contribution is 2.27. The molecule has 1 aliphatic heterocycles. The van der Waals surface area contributed by atoms with Crippen LogP contribution in [0.15, 0.2) is 0 Å². The van der Waals surface area contributed by atoms with Gasteiger partial charge in [-0.25, -0.2) is 0 Å². The van der Waals surface area contributed by atoms with Gasteiger partial charge in [-0.1, -0.05) is 34.1 Å². The summed E-state index contributed by atoms with van der Waals surface area (Å²) in [5.74, 6) is 0.914. The highest BCUT2D eigenvalue weighted by Gasteiger charge is 2.31. The Morgan fingerprint density at radius 3 is 2.42 bits per heavy atom. The number of nitrogens with zero attached hydrogens (tertiary/aromatic N) is 1. The van der Waals surface area contributed by atoms with Gasteiger partial charge in [-0.3, -0.25) is 4.90 Å². The lowest BCUT2D eigenvalue weighted by Crippen LogP contribution is -2.55. The van der Waals surface area contributed by atoms with Crippen molar-refractivity contribution in [2.45, 2.75) is 91.3 Å². The topological polar surface area (TPSA) is 15.3 Å². The second-order valence-corrected chi connectivity index (χ2v) is 6.54. The Morgan fingerprint density at radius 2 is 1.89 bits per heavy atom. The average Bonchev–Trinajstić information content (AvgIpc) is 2.39. The van der Waals surface area contributed by atoms with E-state index in [2.05, 4.69) is 44.8 Å². The molecule has 0 spiro atoms. The molecule has 0 aromatic heterocycles. The van der Waals surface area contributed by atoms with Gasteiger partial charge in [0.25, 0.3) is 0 Å². The summed E-state index contributed by atoms with van der Waals surface area (Å²) in [6, 6.07) is 2.18. The number of likely N-dealkylation sites (tertiary alicyclic amines) is 1. The summed E-state index contributed by atoms with van der Waals surface area (Å²) in [5.41, 5.74) is 0. The van der Waals surface area contributed by atoms with Crippen LogP contribution in [0.25, 0.3) is 0 Å². The molecule has 1 fully saturated rings. The predicted molar refractivity (Wildman–Crippen MR) is 85.6 cm³/mol. The second kappa shape index (κ2) is 8.97. The van der Waals surface area contributed by atoms with Gasteiger partial charge in [-0.2, -0.15) is 0 Å². The minimum absolute atomic E-state index is 0.686. The van der Waals surface area contributed by atoms with Gasteiger partial charge in [0.05, 0.1) is 0 Å². The zero-order valence-corrected chi connectivity index (χ0v) is 13.9. The molecular formula is C17H36N2. The molecule has 1 aliphatic rings. The minimum atomic E-state index is 0.686. The Hall–Kier alpha value is -0.0800. The number of nitrogens with one attached hydrogen (secondary N) is 1. The highest BCUT2D eigenvalue weighted by molar-refractivity contribution is 4.89. The van der Waals surface area contributed by atoms with Crippen LogP contribution in [0.5, 0.6) is 0 Å². The summed E-state index contributed by atoms with van der Waals surface area (Å²) in [5, 5.41) is 3.81. The third-order valence-corrected chi connectivity index (χ3v) is 4.75. The number of rotatable bonds is 8. The molecule has 2 heteroatoms. The number of piperidine rings is 1. The molecule has 0 aromatic rings. The molecule has 2 nitrogen and oxygen atoms in total. The quantitative estimate of drug-likeness (QED) is 0.714. The largest absolute Gasteiger partial charge is 0.312 e. The third-order valence-electron chi connectivity index (χ3n) is 4.75. The van der Waals surface area contributed by atoms with Crippen molar-refractivity contribution in [3.63, 3.8) is 0 Å². The summed E-state index contributed by atoms with van der Waals surface area (Å²) in [7, 11) is 0. The third kappa shape index (κ3) is 5.07. The molecule has 0 bridgehead atoms. The van der Waals surface area contributed by atoms with Gasteiger partial charge in [-0.05, 0) is 58.0 Å². The number of hydrogen-bond donors (Lipinski definition) is 1. The fourth-order valence-corrected chi connectivity index (χ4v) is 3.74. The van der Waals surface area contributed by atoms with Crippen LogP contribution in [0, 0.1) is 5.92 Å². The summed E-state index contributed by atoms with van der Waals surface area (Å²) in [6.45, 7) is 14.3. The van der Waals surface area contributed by atoms with E-state index in [9.17, 15) is 0 Å². The molecular weight excluding hydrogens is 232 g/mol. The SMILES string of the molecule is CCCNC(CCC)C(CC)N1CCC(C)CC1C. The van der Waals surface area contributed by atoms with E-state index in [1.807, 2.05) is 0 Å². The molecule has 1 saturated heterocycles. The molecule has 1 rings (SSSR count). The summed E-state index contributed by atoms with van der Waals surface area (Å²) in [6.07, 6.45) is 7.88. The lowest BCUT2D eigenvalue weighted by Gasteiger charge is -2.45. The van der Waals surface area contributed by atoms with Crippen LogP contribution in [0.4, 0.5) is 0 Å². The fourth-order valence-electron chi connectivity index (χ4n) is 3.74. The zero-order valence-electron chi connectivity index (χ0n) is 13.9. The standard InChI is InChI=1S/C17H36N2/c1-6-9-16(18-11-7-2)17(8-3)19-12-10-14(4)13-15(19)5/h14-18H,6-13H2,1-5H3. The molecule has 4 unspecified atom stereocenters. The van der Waals surface area contributed by atoms with Crippen molar-refractivity contribution in [1.82, 2.24) is 10.2 Å². The van der Waals surface area contributed by atoms with E-state index in [0.717, 1.165) is 18.0 Å². The zero-order chi connectivity index (χ0) is 14.3. The molecule has 0 radical (unpaired) electrons. The first-order valence-corrected chi connectivity index (χ1v) is 8.63. The normalized spacial score (nSPS) is 28.3. The Balaban J connectivity index is 2.66. The van der Waals surface area contributed by atoms with Gasteiger partial charge in [0.15, 0.2) is 0 Å². The van der Waals surface area contributed by atoms with Gasteiger partial charge >= 0.3 is 0 Å². The maximum absolute atomic E-state index is 3.81. The maximum Gasteiger partial charge on any atom is 0.0249 e. The van der Waals surface area contributed by atoms with Crippen molar-refractivity contribution in [3.8, 4) is 0 Å².